The summed E-state index contributed by atoms with van der Waals surface area (Å²) in [5.74, 6) is 7.99. The van der Waals surface area contributed by atoms with Gasteiger partial charge in [0.15, 0.2) is 17.3 Å². The lowest BCUT2D eigenvalue weighted by Crippen LogP contribution is -2.19. The summed E-state index contributed by atoms with van der Waals surface area (Å²) in [6, 6.07) is 7.19. The Labute approximate surface area is 188 Å². The average molecular weight is 439 g/mol. The highest BCUT2D eigenvalue weighted by Gasteiger charge is 2.27. The molecule has 0 bridgehead atoms. The standard InChI is InChI=1S/C25H30N2O5/c1-8-16(13-27(4)26)25-21(18-9-10-19(29-5)15(3)24(18)32-25)22(28)17-11-14(2)23(31-7)20(12-17)30-6/h9-13H,8,26H2,1-7H3/b16-13+. The lowest BCUT2D eigenvalue weighted by atomic mass is 9.95. The van der Waals surface area contributed by atoms with Crippen molar-refractivity contribution in [1.29, 1.82) is 0 Å². The topological polar surface area (TPSA) is 87.2 Å². The molecule has 0 aliphatic rings. The fourth-order valence-electron chi connectivity index (χ4n) is 3.94. The van der Waals surface area contributed by atoms with Crippen LogP contribution < -0.4 is 20.1 Å². The number of aryl methyl sites for hydroxylation is 2. The van der Waals surface area contributed by atoms with Gasteiger partial charge in [-0.25, -0.2) is 5.84 Å². The molecular weight excluding hydrogens is 408 g/mol. The summed E-state index contributed by atoms with van der Waals surface area (Å²) >= 11 is 0. The van der Waals surface area contributed by atoms with Gasteiger partial charge in [0.1, 0.15) is 17.1 Å². The van der Waals surface area contributed by atoms with Crippen molar-refractivity contribution in [1.82, 2.24) is 5.01 Å². The number of carbonyl (C=O) groups excluding carboxylic acids is 1. The van der Waals surface area contributed by atoms with E-state index in [1.165, 1.54) is 5.01 Å². The van der Waals surface area contributed by atoms with Crippen molar-refractivity contribution in [3.63, 3.8) is 0 Å². The number of hydrogen-bond acceptors (Lipinski definition) is 7. The van der Waals surface area contributed by atoms with Crippen LogP contribution in [-0.4, -0.2) is 39.2 Å². The van der Waals surface area contributed by atoms with Gasteiger partial charge in [-0.05, 0) is 50.1 Å². The quantitative estimate of drug-likeness (QED) is 0.305. The van der Waals surface area contributed by atoms with Crippen molar-refractivity contribution in [2.75, 3.05) is 28.4 Å². The Hall–Kier alpha value is -3.45. The van der Waals surface area contributed by atoms with E-state index in [9.17, 15) is 4.79 Å². The summed E-state index contributed by atoms with van der Waals surface area (Å²) in [7, 11) is 6.46. The van der Waals surface area contributed by atoms with Crippen molar-refractivity contribution >= 4 is 22.3 Å². The zero-order valence-corrected chi connectivity index (χ0v) is 19.7. The van der Waals surface area contributed by atoms with Crippen molar-refractivity contribution in [3.8, 4) is 17.2 Å². The summed E-state index contributed by atoms with van der Waals surface area (Å²) in [6.07, 6.45) is 2.39. The molecule has 3 rings (SSSR count). The maximum atomic E-state index is 13.9. The van der Waals surface area contributed by atoms with Gasteiger partial charge in [0, 0.05) is 35.3 Å². The van der Waals surface area contributed by atoms with E-state index in [1.807, 2.05) is 32.9 Å². The molecule has 1 aromatic heterocycles. The third-order valence-corrected chi connectivity index (χ3v) is 5.46. The lowest BCUT2D eigenvalue weighted by Gasteiger charge is -2.13. The van der Waals surface area contributed by atoms with Crippen molar-refractivity contribution < 1.29 is 23.4 Å². The Balaban J connectivity index is 2.33. The van der Waals surface area contributed by atoms with Gasteiger partial charge in [0.25, 0.3) is 0 Å². The molecule has 2 N–H and O–H groups in total. The number of hydrazine groups is 1. The maximum absolute atomic E-state index is 13.9. The Kier molecular flexibility index (Phi) is 6.79. The largest absolute Gasteiger partial charge is 0.496 e. The van der Waals surface area contributed by atoms with E-state index in [0.717, 1.165) is 22.1 Å². The van der Waals surface area contributed by atoms with Crippen LogP contribution in [0.25, 0.3) is 16.5 Å². The van der Waals surface area contributed by atoms with E-state index >= 15 is 0 Å². The highest BCUT2D eigenvalue weighted by molar-refractivity contribution is 6.19. The number of ether oxygens (including phenoxy) is 3. The molecule has 0 atom stereocenters. The number of ketones is 1. The van der Waals surface area contributed by atoms with Gasteiger partial charge >= 0.3 is 0 Å². The molecule has 0 radical (unpaired) electrons. The average Bonchev–Trinajstić information content (AvgIpc) is 3.16. The van der Waals surface area contributed by atoms with E-state index in [1.54, 1.807) is 46.7 Å². The van der Waals surface area contributed by atoms with E-state index in [4.69, 9.17) is 24.5 Å². The van der Waals surface area contributed by atoms with Crippen molar-refractivity contribution in [2.45, 2.75) is 27.2 Å². The monoisotopic (exact) mass is 438 g/mol. The Morgan fingerprint density at radius 1 is 1.09 bits per heavy atom. The third kappa shape index (κ3) is 4.03. The molecule has 0 aliphatic carbocycles. The summed E-state index contributed by atoms with van der Waals surface area (Å²) in [6.45, 7) is 5.78. The first-order chi connectivity index (χ1) is 15.3. The second kappa shape index (κ2) is 9.36. The number of methoxy groups -OCH3 is 3. The van der Waals surface area contributed by atoms with E-state index in [0.29, 0.717) is 46.1 Å². The SMILES string of the molecule is CC/C(=C\N(C)N)c1oc2c(C)c(OC)ccc2c1C(=O)c1cc(C)c(OC)c(OC)c1. The molecule has 32 heavy (non-hydrogen) atoms. The highest BCUT2D eigenvalue weighted by atomic mass is 16.5. The number of benzene rings is 2. The lowest BCUT2D eigenvalue weighted by molar-refractivity contribution is 0.103. The molecule has 7 heteroatoms. The van der Waals surface area contributed by atoms with Crippen LogP contribution in [0.2, 0.25) is 0 Å². The number of nitrogens with two attached hydrogens (primary N) is 1. The van der Waals surface area contributed by atoms with Crippen LogP contribution in [0.4, 0.5) is 0 Å². The molecule has 1 heterocycles. The fraction of sp³-hybridized carbons (Fsp3) is 0.320. The molecule has 0 saturated carbocycles. The summed E-state index contributed by atoms with van der Waals surface area (Å²) in [4.78, 5) is 13.9. The molecule has 0 aliphatic heterocycles. The third-order valence-electron chi connectivity index (χ3n) is 5.46. The van der Waals surface area contributed by atoms with E-state index in [-0.39, 0.29) is 5.78 Å². The molecule has 2 aromatic carbocycles. The number of furan rings is 1. The van der Waals surface area contributed by atoms with Gasteiger partial charge in [-0.3, -0.25) is 4.79 Å². The number of fused-ring (bicyclic) bond motifs is 1. The van der Waals surface area contributed by atoms with Crippen LogP contribution in [0.3, 0.4) is 0 Å². The first-order valence-electron chi connectivity index (χ1n) is 10.3. The van der Waals surface area contributed by atoms with Crippen LogP contribution in [0.1, 0.15) is 46.2 Å². The van der Waals surface area contributed by atoms with E-state index in [2.05, 4.69) is 0 Å². The fourth-order valence-corrected chi connectivity index (χ4v) is 3.94. The van der Waals surface area contributed by atoms with Crippen LogP contribution >= 0.6 is 0 Å². The zero-order valence-electron chi connectivity index (χ0n) is 19.7. The summed E-state index contributed by atoms with van der Waals surface area (Å²) < 4.78 is 22.6. The minimum absolute atomic E-state index is 0.175. The van der Waals surface area contributed by atoms with Crippen molar-refractivity contribution in [2.24, 2.45) is 5.84 Å². The van der Waals surface area contributed by atoms with Gasteiger partial charge in [-0.1, -0.05) is 6.92 Å². The minimum atomic E-state index is -0.175. The molecule has 170 valence electrons. The first-order valence-corrected chi connectivity index (χ1v) is 10.3. The number of allylic oxidation sites excluding steroid dienone is 1. The number of carbonyl (C=O) groups is 1. The van der Waals surface area contributed by atoms with Crippen LogP contribution in [-0.2, 0) is 0 Å². The van der Waals surface area contributed by atoms with Gasteiger partial charge in [-0.2, -0.15) is 0 Å². The normalized spacial score (nSPS) is 11.6. The summed E-state index contributed by atoms with van der Waals surface area (Å²) in [5, 5.41) is 2.17. The molecule has 7 nitrogen and oxygen atoms in total. The Bertz CT molecular complexity index is 1190. The van der Waals surface area contributed by atoms with Gasteiger partial charge in [-0.15, -0.1) is 0 Å². The number of hydrogen-bond donors (Lipinski definition) is 1. The molecule has 0 saturated heterocycles. The van der Waals surface area contributed by atoms with Crippen LogP contribution in [0.5, 0.6) is 17.2 Å². The van der Waals surface area contributed by atoms with Crippen LogP contribution in [0.15, 0.2) is 34.9 Å². The maximum Gasteiger partial charge on any atom is 0.197 e. The molecule has 0 spiro atoms. The van der Waals surface area contributed by atoms with Crippen molar-refractivity contribution in [3.05, 3.63) is 58.5 Å². The Morgan fingerprint density at radius 3 is 2.34 bits per heavy atom. The second-order valence-corrected chi connectivity index (χ2v) is 7.61. The van der Waals surface area contributed by atoms with Gasteiger partial charge < -0.3 is 23.6 Å². The molecule has 0 unspecified atom stereocenters. The predicted molar refractivity (Wildman–Crippen MR) is 125 cm³/mol. The molecule has 0 fully saturated rings. The zero-order chi connectivity index (χ0) is 23.6. The highest BCUT2D eigenvalue weighted by Crippen LogP contribution is 2.39. The first kappa shape index (κ1) is 23.2. The van der Waals surface area contributed by atoms with E-state index < -0.39 is 0 Å². The minimum Gasteiger partial charge on any atom is -0.496 e. The second-order valence-electron chi connectivity index (χ2n) is 7.61. The van der Waals surface area contributed by atoms with Crippen LogP contribution in [0, 0.1) is 13.8 Å². The van der Waals surface area contributed by atoms with Gasteiger partial charge in [0.2, 0.25) is 0 Å². The summed E-state index contributed by atoms with van der Waals surface area (Å²) in [5.41, 5.74) is 4.01. The van der Waals surface area contributed by atoms with Gasteiger partial charge in [0.05, 0.1) is 26.9 Å². The smallest absolute Gasteiger partial charge is 0.197 e. The number of rotatable bonds is 8. The Morgan fingerprint density at radius 2 is 1.78 bits per heavy atom. The molecular formula is C25H30N2O5. The molecule has 3 aromatic rings. The predicted octanol–water partition coefficient (Wildman–Crippen LogP) is 4.86. The number of nitrogens with zero attached hydrogens (tertiary/aromatic N) is 1. The molecule has 0 amide bonds.